The maximum absolute atomic E-state index is 5.97. The van der Waals surface area contributed by atoms with Gasteiger partial charge in [0.25, 0.3) is 0 Å². The van der Waals surface area contributed by atoms with Gasteiger partial charge < -0.3 is 5.73 Å². The first-order chi connectivity index (χ1) is 7.83. The molecule has 0 saturated heterocycles. The number of hydrogen-bond donors (Lipinski definition) is 2. The zero-order chi connectivity index (χ0) is 11.0. The summed E-state index contributed by atoms with van der Waals surface area (Å²) in [6.45, 7) is 0. The summed E-state index contributed by atoms with van der Waals surface area (Å²) < 4.78 is 0. The number of nitrogens with two attached hydrogens (primary N) is 1. The molecule has 82 valence electrons. The fourth-order valence-corrected chi connectivity index (χ4v) is 2.37. The van der Waals surface area contributed by atoms with E-state index in [9.17, 15) is 0 Å². The summed E-state index contributed by atoms with van der Waals surface area (Å²) in [5.74, 6) is 0. The Bertz CT molecular complexity index is 488. The molecule has 3 heteroatoms. The molecule has 3 N–H and O–H groups in total. The number of benzene rings is 1. The number of nitrogens with one attached hydrogen (secondary N) is 1. The number of aromatic amines is 1. The SMILES string of the molecule is NC1CCc2cc(-c3ccn[nH]3)ccc2C1. The first kappa shape index (κ1) is 9.60. The van der Waals surface area contributed by atoms with Crippen molar-refractivity contribution in [2.24, 2.45) is 5.73 Å². The van der Waals surface area contributed by atoms with Crippen LogP contribution in [0.3, 0.4) is 0 Å². The third kappa shape index (κ3) is 1.63. The normalized spacial score (nSPS) is 19.4. The van der Waals surface area contributed by atoms with Crippen molar-refractivity contribution in [2.75, 3.05) is 0 Å². The Kier molecular flexibility index (Phi) is 2.26. The quantitative estimate of drug-likeness (QED) is 0.760. The molecule has 0 bridgehead atoms. The second kappa shape index (κ2) is 3.76. The summed E-state index contributed by atoms with van der Waals surface area (Å²) in [5.41, 5.74) is 11.1. The molecule has 0 radical (unpaired) electrons. The van der Waals surface area contributed by atoms with Gasteiger partial charge in [-0.2, -0.15) is 5.10 Å². The maximum Gasteiger partial charge on any atom is 0.0650 e. The van der Waals surface area contributed by atoms with Gasteiger partial charge in [-0.05, 0) is 48.1 Å². The number of H-pyrrole nitrogens is 1. The van der Waals surface area contributed by atoms with Crippen LogP contribution in [0.4, 0.5) is 0 Å². The van der Waals surface area contributed by atoms with Crippen LogP contribution in [0, 0.1) is 0 Å². The number of nitrogens with zero attached hydrogens (tertiary/aromatic N) is 1. The molecule has 1 aromatic carbocycles. The Labute approximate surface area is 94.7 Å². The number of hydrogen-bond acceptors (Lipinski definition) is 2. The van der Waals surface area contributed by atoms with E-state index in [1.165, 1.54) is 16.7 Å². The monoisotopic (exact) mass is 213 g/mol. The molecule has 0 spiro atoms. The topological polar surface area (TPSA) is 54.7 Å². The molecular weight excluding hydrogens is 198 g/mol. The standard InChI is InChI=1S/C13H15N3/c14-12-4-3-9-7-11(2-1-10(9)8-12)13-5-6-15-16-13/h1-2,5-7,12H,3-4,8,14H2,(H,15,16). The highest BCUT2D eigenvalue weighted by atomic mass is 15.1. The predicted molar refractivity (Wildman–Crippen MR) is 64.0 cm³/mol. The fraction of sp³-hybridized carbons (Fsp3) is 0.308. The zero-order valence-electron chi connectivity index (χ0n) is 9.11. The molecule has 1 heterocycles. The molecular formula is C13H15N3. The largest absolute Gasteiger partial charge is 0.327 e. The summed E-state index contributed by atoms with van der Waals surface area (Å²) in [5, 5.41) is 6.97. The van der Waals surface area contributed by atoms with Gasteiger partial charge in [0.15, 0.2) is 0 Å². The highest BCUT2D eigenvalue weighted by Gasteiger charge is 2.15. The lowest BCUT2D eigenvalue weighted by Crippen LogP contribution is -2.27. The number of rotatable bonds is 1. The number of aryl methyl sites for hydroxylation is 1. The van der Waals surface area contributed by atoms with E-state index >= 15 is 0 Å². The molecule has 16 heavy (non-hydrogen) atoms. The molecule has 0 aliphatic heterocycles. The van der Waals surface area contributed by atoms with Gasteiger partial charge in [-0.1, -0.05) is 12.1 Å². The minimum atomic E-state index is 0.338. The van der Waals surface area contributed by atoms with Crippen LogP contribution in [0.2, 0.25) is 0 Å². The summed E-state index contributed by atoms with van der Waals surface area (Å²) in [7, 11) is 0. The van der Waals surface area contributed by atoms with E-state index in [1.54, 1.807) is 6.20 Å². The van der Waals surface area contributed by atoms with E-state index in [2.05, 4.69) is 28.4 Å². The first-order valence-electron chi connectivity index (χ1n) is 5.70. The summed E-state index contributed by atoms with van der Waals surface area (Å²) in [4.78, 5) is 0. The lowest BCUT2D eigenvalue weighted by Gasteiger charge is -2.21. The molecule has 0 saturated carbocycles. The number of fused-ring (bicyclic) bond motifs is 1. The Morgan fingerprint density at radius 3 is 3.00 bits per heavy atom. The van der Waals surface area contributed by atoms with Gasteiger partial charge in [0.05, 0.1) is 5.69 Å². The van der Waals surface area contributed by atoms with E-state index in [0.29, 0.717) is 6.04 Å². The molecule has 2 aromatic rings. The number of aromatic nitrogens is 2. The van der Waals surface area contributed by atoms with Gasteiger partial charge in [0.1, 0.15) is 0 Å². The molecule has 3 rings (SSSR count). The van der Waals surface area contributed by atoms with Gasteiger partial charge >= 0.3 is 0 Å². The third-order valence-corrected chi connectivity index (χ3v) is 3.28. The summed E-state index contributed by atoms with van der Waals surface area (Å²) >= 11 is 0. The minimum Gasteiger partial charge on any atom is -0.327 e. The van der Waals surface area contributed by atoms with E-state index in [4.69, 9.17) is 5.73 Å². The Balaban J connectivity index is 2.00. The zero-order valence-corrected chi connectivity index (χ0v) is 9.11. The molecule has 0 fully saturated rings. The second-order valence-electron chi connectivity index (χ2n) is 4.46. The maximum atomic E-state index is 5.97. The van der Waals surface area contributed by atoms with Gasteiger partial charge in [0, 0.05) is 12.2 Å². The van der Waals surface area contributed by atoms with Crippen molar-refractivity contribution in [3.8, 4) is 11.3 Å². The van der Waals surface area contributed by atoms with E-state index in [-0.39, 0.29) is 0 Å². The predicted octanol–water partition coefficient (Wildman–Crippen LogP) is 1.89. The molecule has 0 amide bonds. The van der Waals surface area contributed by atoms with Crippen LogP contribution < -0.4 is 5.73 Å². The van der Waals surface area contributed by atoms with Crippen molar-refractivity contribution >= 4 is 0 Å². The van der Waals surface area contributed by atoms with E-state index in [1.807, 2.05) is 6.07 Å². The van der Waals surface area contributed by atoms with Crippen LogP contribution in [-0.2, 0) is 12.8 Å². The van der Waals surface area contributed by atoms with Crippen molar-refractivity contribution in [2.45, 2.75) is 25.3 Å². The van der Waals surface area contributed by atoms with Crippen molar-refractivity contribution in [1.29, 1.82) is 0 Å². The average molecular weight is 213 g/mol. The Hall–Kier alpha value is -1.61. The van der Waals surface area contributed by atoms with Crippen molar-refractivity contribution in [3.63, 3.8) is 0 Å². The van der Waals surface area contributed by atoms with E-state index in [0.717, 1.165) is 25.0 Å². The van der Waals surface area contributed by atoms with Crippen LogP contribution in [0.15, 0.2) is 30.5 Å². The smallest absolute Gasteiger partial charge is 0.0650 e. The lowest BCUT2D eigenvalue weighted by molar-refractivity contribution is 0.576. The lowest BCUT2D eigenvalue weighted by atomic mass is 9.87. The summed E-state index contributed by atoms with van der Waals surface area (Å²) in [6, 6.07) is 8.94. The minimum absolute atomic E-state index is 0.338. The van der Waals surface area contributed by atoms with Crippen LogP contribution in [0.25, 0.3) is 11.3 Å². The molecule has 1 aliphatic rings. The summed E-state index contributed by atoms with van der Waals surface area (Å²) in [6.07, 6.45) is 4.99. The Morgan fingerprint density at radius 1 is 1.25 bits per heavy atom. The van der Waals surface area contributed by atoms with Crippen LogP contribution >= 0.6 is 0 Å². The average Bonchev–Trinajstić information content (AvgIpc) is 2.82. The van der Waals surface area contributed by atoms with Gasteiger partial charge in [-0.15, -0.1) is 0 Å². The van der Waals surface area contributed by atoms with Gasteiger partial charge in [0.2, 0.25) is 0 Å². The van der Waals surface area contributed by atoms with Gasteiger partial charge in [-0.3, -0.25) is 5.10 Å². The molecule has 1 unspecified atom stereocenters. The van der Waals surface area contributed by atoms with Gasteiger partial charge in [-0.25, -0.2) is 0 Å². The van der Waals surface area contributed by atoms with Crippen LogP contribution in [0.1, 0.15) is 17.5 Å². The molecule has 1 aliphatic carbocycles. The molecule has 1 atom stereocenters. The molecule has 1 aromatic heterocycles. The van der Waals surface area contributed by atoms with Crippen LogP contribution in [0.5, 0.6) is 0 Å². The van der Waals surface area contributed by atoms with E-state index < -0.39 is 0 Å². The first-order valence-corrected chi connectivity index (χ1v) is 5.70. The fourth-order valence-electron chi connectivity index (χ4n) is 2.37. The molecule has 3 nitrogen and oxygen atoms in total. The second-order valence-corrected chi connectivity index (χ2v) is 4.46. The highest BCUT2D eigenvalue weighted by Crippen LogP contribution is 2.25. The van der Waals surface area contributed by atoms with Crippen molar-refractivity contribution < 1.29 is 0 Å². The highest BCUT2D eigenvalue weighted by molar-refractivity contribution is 5.60. The van der Waals surface area contributed by atoms with Crippen molar-refractivity contribution in [3.05, 3.63) is 41.6 Å². The Morgan fingerprint density at radius 2 is 2.19 bits per heavy atom. The third-order valence-electron chi connectivity index (χ3n) is 3.28. The van der Waals surface area contributed by atoms with Crippen LogP contribution in [-0.4, -0.2) is 16.2 Å². The van der Waals surface area contributed by atoms with Crippen molar-refractivity contribution in [1.82, 2.24) is 10.2 Å².